The molecule has 16 heavy (non-hydrogen) atoms. The summed E-state index contributed by atoms with van der Waals surface area (Å²) in [4.78, 5) is 10.9. The van der Waals surface area contributed by atoms with Gasteiger partial charge in [-0.15, -0.1) is 7.05 Å². The molecule has 0 atom stereocenters. The maximum absolute atomic E-state index is 10.9. The smallest absolute Gasteiger partial charge is 0.136 e. The largest absolute Gasteiger partial charge is 0.656 e. The normalized spacial score (nSPS) is 8.56. The van der Waals surface area contributed by atoms with Crippen molar-refractivity contribution >= 4 is 5.91 Å². The van der Waals surface area contributed by atoms with Crippen LogP contribution in [0, 0.1) is 20.8 Å². The molecule has 0 spiro atoms. The molecule has 0 aliphatic rings. The van der Waals surface area contributed by atoms with Gasteiger partial charge >= 0.3 is 0 Å². The van der Waals surface area contributed by atoms with Gasteiger partial charge in [-0.2, -0.15) is 6.92 Å². The third kappa shape index (κ3) is 5.76. The van der Waals surface area contributed by atoms with E-state index in [-0.39, 0.29) is 38.6 Å². The average molecular weight is 299 g/mol. The topological polar surface area (TPSA) is 57.2 Å². The third-order valence-corrected chi connectivity index (χ3v) is 2.08. The van der Waals surface area contributed by atoms with Gasteiger partial charge in [0.1, 0.15) is 5.76 Å². The summed E-state index contributed by atoms with van der Waals surface area (Å²) in [6.45, 7) is 8.80. The van der Waals surface area contributed by atoms with E-state index in [0.29, 0.717) is 12.8 Å². The first-order valence-corrected chi connectivity index (χ1v) is 4.90. The summed E-state index contributed by atoms with van der Waals surface area (Å²) < 4.78 is 4.97. The first-order valence-electron chi connectivity index (χ1n) is 4.90. The van der Waals surface area contributed by atoms with Crippen LogP contribution >= 0.6 is 0 Å². The van der Waals surface area contributed by atoms with Crippen molar-refractivity contribution in [1.29, 1.82) is 0 Å². The summed E-state index contributed by atoms with van der Waals surface area (Å²) in [7, 11) is 1.50. The molecule has 0 aliphatic carbocycles. The number of nitrogens with zero attached hydrogens (tertiary/aromatic N) is 2. The molecule has 0 fully saturated rings. The monoisotopic (exact) mass is 299 g/mol. The number of carbonyl (C=O) groups is 1. The van der Waals surface area contributed by atoms with Crippen molar-refractivity contribution in [3.63, 3.8) is 0 Å². The van der Waals surface area contributed by atoms with E-state index in [1.165, 1.54) is 7.05 Å². The molecule has 0 aromatic carbocycles. The van der Waals surface area contributed by atoms with Gasteiger partial charge in [-0.05, 0) is 26.7 Å². The van der Waals surface area contributed by atoms with Gasteiger partial charge in [-0.25, -0.2) is 0 Å². The molecule has 1 radical (unpaired) electrons. The Bertz CT molecular complexity index is 311. The van der Waals surface area contributed by atoms with Crippen LogP contribution in [0.5, 0.6) is 0 Å². The Hall–Kier alpha value is -0.216. The van der Waals surface area contributed by atoms with Gasteiger partial charge in [0.05, 0.1) is 11.6 Å². The Morgan fingerprint density at radius 2 is 2.00 bits per heavy atom. The molecule has 1 amide bonds. The molecule has 0 bridgehead atoms. The summed E-state index contributed by atoms with van der Waals surface area (Å²) in [5.41, 5.74) is 1.89. The number of carbonyl (C=O) groups excluding carboxylic acids is 1. The van der Waals surface area contributed by atoms with Gasteiger partial charge in [0.25, 0.3) is 0 Å². The predicted octanol–water partition coefficient (Wildman–Crippen LogP) is 2.59. The minimum atomic E-state index is -0.0972. The SMILES string of the molecule is C[N-]C(=O)CCc1noc(C)c1C.[CH2-]C.[Y]. The molecule has 1 aromatic heterocycles. The fraction of sp³-hybridized carbons (Fsp3) is 0.545. The van der Waals surface area contributed by atoms with E-state index < -0.39 is 0 Å². The van der Waals surface area contributed by atoms with Crippen LogP contribution in [0.1, 0.15) is 30.4 Å². The Morgan fingerprint density at radius 3 is 2.38 bits per heavy atom. The second kappa shape index (κ2) is 9.97. The summed E-state index contributed by atoms with van der Waals surface area (Å²) in [5, 5.41) is 7.40. The van der Waals surface area contributed by atoms with Crippen LogP contribution in [-0.2, 0) is 43.9 Å². The molecular formula is C11H18N2O2Y-2. The van der Waals surface area contributed by atoms with Crippen LogP contribution in [0.3, 0.4) is 0 Å². The van der Waals surface area contributed by atoms with Crippen molar-refractivity contribution in [2.45, 2.75) is 33.6 Å². The van der Waals surface area contributed by atoms with Crippen LogP contribution < -0.4 is 0 Å². The van der Waals surface area contributed by atoms with Crippen molar-refractivity contribution in [1.82, 2.24) is 5.16 Å². The minimum absolute atomic E-state index is 0. The van der Waals surface area contributed by atoms with Crippen LogP contribution in [0.4, 0.5) is 0 Å². The molecular weight excluding hydrogens is 281 g/mol. The van der Waals surface area contributed by atoms with Gasteiger partial charge in [-0.1, -0.05) is 5.16 Å². The van der Waals surface area contributed by atoms with E-state index in [1.54, 1.807) is 6.92 Å². The zero-order valence-corrected chi connectivity index (χ0v) is 13.2. The zero-order chi connectivity index (χ0) is 11.8. The molecule has 0 aliphatic heterocycles. The average Bonchev–Trinajstić information content (AvgIpc) is 2.59. The van der Waals surface area contributed by atoms with Gasteiger partial charge in [0.2, 0.25) is 0 Å². The second-order valence-corrected chi connectivity index (χ2v) is 2.93. The van der Waals surface area contributed by atoms with E-state index in [9.17, 15) is 4.79 Å². The third-order valence-electron chi connectivity index (χ3n) is 2.08. The number of aryl methyl sites for hydroxylation is 2. The number of aromatic nitrogens is 1. The van der Waals surface area contributed by atoms with E-state index in [1.807, 2.05) is 13.8 Å². The maximum atomic E-state index is 10.9. The molecule has 0 saturated heterocycles. The van der Waals surface area contributed by atoms with Crippen molar-refractivity contribution in [2.24, 2.45) is 0 Å². The molecule has 0 unspecified atom stereocenters. The van der Waals surface area contributed by atoms with Gasteiger partial charge in [-0.3, -0.25) is 0 Å². The summed E-state index contributed by atoms with van der Waals surface area (Å²) >= 11 is 0. The number of rotatable bonds is 3. The molecule has 5 heteroatoms. The summed E-state index contributed by atoms with van der Waals surface area (Å²) in [6, 6.07) is 0. The summed E-state index contributed by atoms with van der Waals surface area (Å²) in [6.07, 6.45) is 1.02. The van der Waals surface area contributed by atoms with Crippen LogP contribution in [0.15, 0.2) is 4.52 Å². The van der Waals surface area contributed by atoms with E-state index >= 15 is 0 Å². The minimum Gasteiger partial charge on any atom is -0.656 e. The Kier molecular flexibility index (Phi) is 11.3. The van der Waals surface area contributed by atoms with Crippen molar-refractivity contribution in [3.05, 3.63) is 29.3 Å². The summed E-state index contributed by atoms with van der Waals surface area (Å²) in [5.74, 6) is 0.718. The van der Waals surface area contributed by atoms with Crippen LogP contribution in [-0.4, -0.2) is 18.1 Å². The van der Waals surface area contributed by atoms with E-state index in [0.717, 1.165) is 17.0 Å². The molecule has 0 saturated carbocycles. The van der Waals surface area contributed by atoms with Crippen molar-refractivity contribution in [2.75, 3.05) is 7.05 Å². The standard InChI is InChI=1S/C9H14N2O2.C2H5.Y/c1-6-7(2)13-11-8(6)4-5-9(12)10-3;1-2;/h4-5H2,1-3H3,(H,10,12);1H2,2H3;/q;-1;/p-1. The Morgan fingerprint density at radius 1 is 1.44 bits per heavy atom. The van der Waals surface area contributed by atoms with Crippen molar-refractivity contribution in [3.8, 4) is 0 Å². The molecule has 1 heterocycles. The van der Waals surface area contributed by atoms with Gasteiger partial charge in [0, 0.05) is 38.3 Å². The molecule has 1 rings (SSSR count). The zero-order valence-electron chi connectivity index (χ0n) is 10.4. The van der Waals surface area contributed by atoms with E-state index in [2.05, 4.69) is 17.4 Å². The fourth-order valence-corrected chi connectivity index (χ4v) is 1.03. The van der Waals surface area contributed by atoms with Crippen LogP contribution in [0.2, 0.25) is 0 Å². The second-order valence-electron chi connectivity index (χ2n) is 2.93. The fourth-order valence-electron chi connectivity index (χ4n) is 1.03. The maximum Gasteiger partial charge on any atom is 0.136 e. The first kappa shape index (κ1) is 18.2. The number of hydrogen-bond donors (Lipinski definition) is 0. The first-order chi connectivity index (χ1) is 7.15. The quantitative estimate of drug-likeness (QED) is 0.806. The van der Waals surface area contributed by atoms with Gasteiger partial charge < -0.3 is 21.6 Å². The Balaban J connectivity index is 0. The Labute approximate surface area is 122 Å². The molecule has 0 N–H and O–H groups in total. The predicted molar refractivity (Wildman–Crippen MR) is 59.6 cm³/mol. The molecule has 4 nitrogen and oxygen atoms in total. The van der Waals surface area contributed by atoms with E-state index in [4.69, 9.17) is 4.52 Å². The number of amides is 1. The molecule has 1 aromatic rings. The van der Waals surface area contributed by atoms with Gasteiger partial charge in [0.15, 0.2) is 0 Å². The molecule has 89 valence electrons. The van der Waals surface area contributed by atoms with Crippen molar-refractivity contribution < 1.29 is 42.0 Å². The number of hydrogen-bond acceptors (Lipinski definition) is 3. The van der Waals surface area contributed by atoms with Crippen LogP contribution in [0.25, 0.3) is 5.32 Å².